The van der Waals surface area contributed by atoms with Crippen LogP contribution in [0.5, 0.6) is 0 Å². The molecule has 2 bridgehead atoms. The molecular weight excluding hydrogens is 554 g/mol. The first-order chi connectivity index (χ1) is 21.1. The highest BCUT2D eigenvalue weighted by molar-refractivity contribution is 6.02. The number of amides is 3. The van der Waals surface area contributed by atoms with Crippen LogP contribution in [-0.2, 0) is 19.1 Å². The molecule has 6 unspecified atom stereocenters. The normalized spacial score (nSPS) is 35.4. The smallest absolute Gasteiger partial charge is 0.246 e. The third-order valence-electron chi connectivity index (χ3n) is 11.3. The minimum absolute atomic E-state index is 0.0690. The molecule has 1 aliphatic carbocycles. The van der Waals surface area contributed by atoms with Gasteiger partial charge in [0.05, 0.1) is 17.9 Å². The van der Waals surface area contributed by atoms with E-state index >= 15 is 0 Å². The van der Waals surface area contributed by atoms with Crippen molar-refractivity contribution in [3.8, 4) is 0 Å². The minimum atomic E-state index is -1.13. The molecule has 3 amide bonds. The molecule has 9 heteroatoms. The van der Waals surface area contributed by atoms with Crippen molar-refractivity contribution in [1.82, 2.24) is 20.0 Å². The van der Waals surface area contributed by atoms with Crippen molar-refractivity contribution in [1.29, 1.82) is 0 Å². The number of piperazine rings is 1. The molecular formula is C35H51N5O4. The van der Waals surface area contributed by atoms with Crippen molar-refractivity contribution in [3.05, 3.63) is 42.0 Å². The average Bonchev–Trinajstić information content (AvgIpc) is 3.64. The van der Waals surface area contributed by atoms with Crippen LogP contribution in [0.3, 0.4) is 0 Å². The Morgan fingerprint density at radius 1 is 1.02 bits per heavy atom. The number of nitrogens with zero attached hydrogens (tertiary/aromatic N) is 3. The molecule has 0 aromatic heterocycles. The fourth-order valence-corrected chi connectivity index (χ4v) is 8.27. The molecule has 44 heavy (non-hydrogen) atoms. The minimum Gasteiger partial charge on any atom is -0.359 e. The largest absolute Gasteiger partial charge is 0.359 e. The maximum atomic E-state index is 14.3. The number of hydrogen-bond acceptors (Lipinski definition) is 6. The van der Waals surface area contributed by atoms with Gasteiger partial charge in [-0.2, -0.15) is 0 Å². The Balaban J connectivity index is 1.23. The fourth-order valence-electron chi connectivity index (χ4n) is 8.27. The SMILES string of the molecule is CC(C)c1ccc(NC(=O)C2[C@@H]3C=CC4(O3)C(C(=O)NC3CCCC(C)C3C)N(CCCN3CCN(C)CC3)C(=O)[C@H]24)cc1. The van der Waals surface area contributed by atoms with Crippen LogP contribution in [0, 0.1) is 23.7 Å². The number of anilines is 1. The molecule has 1 aromatic carbocycles. The highest BCUT2D eigenvalue weighted by atomic mass is 16.5. The summed E-state index contributed by atoms with van der Waals surface area (Å²) in [5, 5.41) is 6.42. The third kappa shape index (κ3) is 5.71. The molecule has 1 aromatic rings. The Labute approximate surface area is 262 Å². The predicted octanol–water partition coefficient (Wildman–Crippen LogP) is 3.48. The van der Waals surface area contributed by atoms with Gasteiger partial charge in [-0.1, -0.05) is 64.8 Å². The van der Waals surface area contributed by atoms with Crippen molar-refractivity contribution in [2.24, 2.45) is 23.7 Å². The van der Waals surface area contributed by atoms with Gasteiger partial charge >= 0.3 is 0 Å². The molecule has 6 rings (SSSR count). The highest BCUT2D eigenvalue weighted by Gasteiger charge is 2.72. The number of likely N-dealkylation sites (tertiary alicyclic amines) is 1. The van der Waals surface area contributed by atoms with E-state index in [9.17, 15) is 14.4 Å². The number of carbonyl (C=O) groups excluding carboxylic acids is 3. The molecule has 4 heterocycles. The third-order valence-corrected chi connectivity index (χ3v) is 11.3. The molecule has 9 nitrogen and oxygen atoms in total. The molecule has 2 N–H and O–H groups in total. The van der Waals surface area contributed by atoms with Gasteiger partial charge in [0.15, 0.2) is 0 Å². The molecule has 240 valence electrons. The fraction of sp³-hybridized carbons (Fsp3) is 0.686. The zero-order chi connectivity index (χ0) is 31.2. The van der Waals surface area contributed by atoms with Crippen LogP contribution < -0.4 is 10.6 Å². The van der Waals surface area contributed by atoms with Gasteiger partial charge in [0.1, 0.15) is 11.6 Å². The number of benzene rings is 1. The van der Waals surface area contributed by atoms with Gasteiger partial charge in [-0.05, 0) is 61.9 Å². The summed E-state index contributed by atoms with van der Waals surface area (Å²) in [5.41, 5.74) is 0.762. The van der Waals surface area contributed by atoms with Crippen molar-refractivity contribution < 1.29 is 19.1 Å². The summed E-state index contributed by atoms with van der Waals surface area (Å²) in [6.07, 6.45) is 7.25. The molecule has 3 saturated heterocycles. The molecule has 1 saturated carbocycles. The van der Waals surface area contributed by atoms with Crippen molar-refractivity contribution in [2.75, 3.05) is 51.6 Å². The van der Waals surface area contributed by atoms with Crippen LogP contribution in [0.2, 0.25) is 0 Å². The molecule has 4 fully saturated rings. The number of rotatable bonds is 9. The Kier molecular flexibility index (Phi) is 8.92. The second kappa shape index (κ2) is 12.6. The number of fused-ring (bicyclic) bond motifs is 1. The van der Waals surface area contributed by atoms with E-state index in [-0.39, 0.29) is 23.8 Å². The van der Waals surface area contributed by atoms with Crippen LogP contribution in [0.1, 0.15) is 64.9 Å². The Morgan fingerprint density at radius 3 is 2.45 bits per heavy atom. The van der Waals surface area contributed by atoms with Gasteiger partial charge in [-0.25, -0.2) is 0 Å². The number of nitrogens with one attached hydrogen (secondary N) is 2. The first-order valence-electron chi connectivity index (χ1n) is 16.9. The van der Waals surface area contributed by atoms with Crippen molar-refractivity contribution in [2.45, 2.75) is 83.1 Å². The van der Waals surface area contributed by atoms with Gasteiger partial charge in [-0.15, -0.1) is 0 Å². The average molecular weight is 606 g/mol. The van der Waals surface area contributed by atoms with E-state index in [1.165, 1.54) is 12.0 Å². The van der Waals surface area contributed by atoms with Crippen LogP contribution in [-0.4, -0.2) is 103 Å². The summed E-state index contributed by atoms with van der Waals surface area (Å²) in [6.45, 7) is 14.2. The van der Waals surface area contributed by atoms with Crippen molar-refractivity contribution >= 4 is 23.4 Å². The van der Waals surface area contributed by atoms with E-state index in [2.05, 4.69) is 55.2 Å². The lowest BCUT2D eigenvalue weighted by Crippen LogP contribution is -2.58. The van der Waals surface area contributed by atoms with Gasteiger partial charge in [0.25, 0.3) is 0 Å². The maximum Gasteiger partial charge on any atom is 0.246 e. The second-order valence-electron chi connectivity index (χ2n) is 14.4. The summed E-state index contributed by atoms with van der Waals surface area (Å²) in [5.74, 6) is -0.655. The van der Waals surface area contributed by atoms with Gasteiger partial charge in [0.2, 0.25) is 17.7 Å². The summed E-state index contributed by atoms with van der Waals surface area (Å²) in [4.78, 5) is 48.9. The zero-order valence-corrected chi connectivity index (χ0v) is 27.1. The zero-order valence-electron chi connectivity index (χ0n) is 27.1. The Hall–Kier alpha value is -2.75. The number of hydrogen-bond donors (Lipinski definition) is 2. The van der Waals surface area contributed by atoms with Crippen molar-refractivity contribution in [3.63, 3.8) is 0 Å². The van der Waals surface area contributed by atoms with E-state index in [0.717, 1.165) is 52.0 Å². The highest BCUT2D eigenvalue weighted by Crippen LogP contribution is 2.55. The Bertz CT molecular complexity index is 1260. The van der Waals surface area contributed by atoms with Crippen LogP contribution in [0.25, 0.3) is 0 Å². The maximum absolute atomic E-state index is 14.3. The lowest BCUT2D eigenvalue weighted by molar-refractivity contribution is -0.141. The topological polar surface area (TPSA) is 94.2 Å². The number of ether oxygens (including phenoxy) is 1. The summed E-state index contributed by atoms with van der Waals surface area (Å²) in [7, 11) is 2.14. The van der Waals surface area contributed by atoms with E-state index in [1.807, 2.05) is 36.4 Å². The van der Waals surface area contributed by atoms with E-state index in [4.69, 9.17) is 4.74 Å². The summed E-state index contributed by atoms with van der Waals surface area (Å²) in [6, 6.07) is 7.15. The van der Waals surface area contributed by atoms with Crippen LogP contribution in [0.4, 0.5) is 5.69 Å². The quantitative estimate of drug-likeness (QED) is 0.419. The predicted molar refractivity (Wildman–Crippen MR) is 171 cm³/mol. The second-order valence-corrected chi connectivity index (χ2v) is 14.4. The number of likely N-dealkylation sites (N-methyl/N-ethyl adjacent to an activating group) is 1. The van der Waals surface area contributed by atoms with Gasteiger partial charge in [-0.3, -0.25) is 14.4 Å². The standard InChI is InChI=1S/C35H51N5O4/c1-22(2)25-10-12-26(13-11-25)36-32(41)29-28-14-15-35(44-28)30(29)34(43)40(17-7-16-39-20-18-38(5)19-21-39)31(35)33(42)37-27-9-6-8-23(3)24(27)4/h10-15,22-24,27-31H,6-9,16-21H2,1-5H3,(H,36,41)(H,37,42)/t23?,24?,27?,28-,29?,30-,31?,35?/m0/s1. The van der Waals surface area contributed by atoms with E-state index in [1.54, 1.807) is 4.90 Å². The first-order valence-corrected chi connectivity index (χ1v) is 16.9. The lowest BCUT2D eigenvalue weighted by Gasteiger charge is -2.38. The molecule has 1 spiro atoms. The van der Waals surface area contributed by atoms with Crippen LogP contribution in [0.15, 0.2) is 36.4 Å². The van der Waals surface area contributed by atoms with Gasteiger partial charge in [0, 0.05) is 44.5 Å². The van der Waals surface area contributed by atoms with Crippen LogP contribution >= 0.6 is 0 Å². The molecule has 5 aliphatic rings. The number of carbonyl (C=O) groups is 3. The molecule has 8 atom stereocenters. The first kappa shape index (κ1) is 31.2. The molecule has 0 radical (unpaired) electrons. The lowest BCUT2D eigenvalue weighted by atomic mass is 9.73. The van der Waals surface area contributed by atoms with E-state index < -0.39 is 29.6 Å². The monoisotopic (exact) mass is 605 g/mol. The van der Waals surface area contributed by atoms with E-state index in [0.29, 0.717) is 30.0 Å². The van der Waals surface area contributed by atoms with Gasteiger partial charge < -0.3 is 30.1 Å². The summed E-state index contributed by atoms with van der Waals surface area (Å²) >= 11 is 0. The Morgan fingerprint density at radius 2 is 1.75 bits per heavy atom. The summed E-state index contributed by atoms with van der Waals surface area (Å²) < 4.78 is 6.57. The molecule has 4 aliphatic heterocycles.